The van der Waals surface area contributed by atoms with E-state index in [1.165, 1.54) is 0 Å². The zero-order valence-electron chi connectivity index (χ0n) is 5.93. The van der Waals surface area contributed by atoms with Crippen LogP contribution in [0, 0.1) is 0 Å². The molecule has 1 aromatic rings. The van der Waals surface area contributed by atoms with Crippen LogP contribution in [0.15, 0.2) is 24.8 Å². The van der Waals surface area contributed by atoms with Gasteiger partial charge in [-0.25, -0.2) is 0 Å². The molecule has 0 bridgehead atoms. The molecule has 1 rings (SSSR count). The average Bonchev–Trinajstić information content (AvgIpc) is 1.93. The Morgan fingerprint density at radius 1 is 0.909 bits per heavy atom. The van der Waals surface area contributed by atoms with Crippen molar-refractivity contribution in [3.8, 4) is 0 Å². The smallest absolute Gasteiger partial charge is 0.896 e. The van der Waals surface area contributed by atoms with E-state index in [1.807, 2.05) is 0 Å². The normalized spacial score (nSPS) is 5.64. The van der Waals surface area contributed by atoms with Crippen molar-refractivity contribution in [3.05, 3.63) is 24.8 Å². The van der Waals surface area contributed by atoms with E-state index in [-0.39, 0.29) is 28.5 Å². The monoisotopic (exact) mass is 166 g/mol. The first-order valence-corrected chi connectivity index (χ1v) is 2.28. The van der Waals surface area contributed by atoms with Crippen molar-refractivity contribution < 1.29 is 15.5 Å². The Hall–Kier alpha value is -0.209. The summed E-state index contributed by atoms with van der Waals surface area (Å²) in [6.07, 6.45) is 6.56. The van der Waals surface area contributed by atoms with Gasteiger partial charge in [0.2, 0.25) is 0 Å². The maximum Gasteiger partial charge on any atom is 2.00 e. The van der Waals surface area contributed by atoms with E-state index < -0.39 is 7.69 Å². The summed E-state index contributed by atoms with van der Waals surface area (Å²) < 4.78 is 0. The Morgan fingerprint density at radius 2 is 1.09 bits per heavy atom. The van der Waals surface area contributed by atoms with Gasteiger partial charge in [-0.1, -0.05) is 0 Å². The molecule has 1 heterocycles. The van der Waals surface area contributed by atoms with Crippen molar-refractivity contribution >= 4 is 30.7 Å². The Morgan fingerprint density at radius 3 is 1.18 bits per heavy atom. The summed E-state index contributed by atoms with van der Waals surface area (Å²) in [6, 6.07) is 0. The summed E-state index contributed by atoms with van der Waals surface area (Å²) in [5.41, 5.74) is 0. The van der Waals surface area contributed by atoms with Gasteiger partial charge in [0.25, 0.3) is 0 Å². The number of nitrogens with zero attached hydrogens (tertiary/aromatic N) is 2. The predicted molar refractivity (Wildman–Crippen MR) is 38.5 cm³/mol. The van der Waals surface area contributed by atoms with Crippen LogP contribution in [0.25, 0.3) is 0 Å². The molecule has 1 aromatic heterocycles. The Bertz CT molecular complexity index is 106. The van der Waals surface area contributed by atoms with Gasteiger partial charge in [0, 0.05) is 24.8 Å². The van der Waals surface area contributed by atoms with Gasteiger partial charge in [0.05, 0.1) is 0 Å². The molecular weight excluding hydrogens is 159 g/mol. The Labute approximate surface area is 81.3 Å². The second-order valence-electron chi connectivity index (χ2n) is 1.01. The molecule has 0 aliphatic heterocycles. The van der Waals surface area contributed by atoms with Crippen LogP contribution in [0.4, 0.5) is 0 Å². The van der Waals surface area contributed by atoms with E-state index in [1.54, 1.807) is 24.8 Å². The molecule has 0 radical (unpaired) electrons. The van der Waals surface area contributed by atoms with Crippen LogP contribution in [0.3, 0.4) is 0 Å². The molecule has 0 atom stereocenters. The molecule has 11 heavy (non-hydrogen) atoms. The summed E-state index contributed by atoms with van der Waals surface area (Å²) in [6.45, 7) is 0. The molecule has 2 N–H and O–H groups in total. The van der Waals surface area contributed by atoms with Gasteiger partial charge in [-0.05, 0) is 0 Å². The number of rotatable bonds is 0. The molecule has 0 saturated carbocycles. The van der Waals surface area contributed by atoms with Crippen LogP contribution >= 0.6 is 0 Å². The van der Waals surface area contributed by atoms with Crippen LogP contribution in [0.5, 0.6) is 0 Å². The molecule has 0 aliphatic carbocycles. The topological polar surface area (TPSA) is 103 Å². The molecule has 56 valence electrons. The quantitative estimate of drug-likeness (QED) is 0.369. The van der Waals surface area contributed by atoms with Gasteiger partial charge >= 0.3 is 23.1 Å². The largest absolute Gasteiger partial charge is 2.00 e. The van der Waals surface area contributed by atoms with Crippen molar-refractivity contribution in [2.45, 2.75) is 0 Å². The first-order valence-electron chi connectivity index (χ1n) is 2.28. The number of hydrogen-bond acceptors (Lipinski definition) is 4. The fourth-order valence-corrected chi connectivity index (χ4v) is 0.253. The fraction of sp³-hybridized carbons (Fsp3) is 0. The van der Waals surface area contributed by atoms with Gasteiger partial charge in [-0.3, -0.25) is 9.97 Å². The minimum absolute atomic E-state index is 0. The number of hydrogen-bond donors (Lipinski definition) is 0. The first kappa shape index (κ1) is 17.0. The first-order chi connectivity index (χ1) is 4.41. The van der Waals surface area contributed by atoms with Crippen molar-refractivity contribution in [1.82, 2.24) is 9.97 Å². The summed E-state index contributed by atoms with van der Waals surface area (Å²) in [5, 5.41) is 16.8. The van der Waals surface area contributed by atoms with Gasteiger partial charge < -0.3 is 15.5 Å². The standard InChI is InChI=1S/C4H4N2.BHO2.Mg.H2O/c1-2-6-4-3-5-1;2-1-3;;/h1-4H;1H;;1H2/q;-2;+2;. The molecule has 7 heteroatoms. The van der Waals surface area contributed by atoms with E-state index >= 15 is 0 Å². The fourth-order valence-electron chi connectivity index (χ4n) is 0.253. The summed E-state index contributed by atoms with van der Waals surface area (Å²) in [5.74, 6) is 0. The summed E-state index contributed by atoms with van der Waals surface area (Å²) >= 11 is 0. The van der Waals surface area contributed by atoms with Crippen LogP contribution in [-0.4, -0.2) is 46.2 Å². The molecule has 5 nitrogen and oxygen atoms in total. The molecular formula is C4H7BMgN2O3. The third-order valence-electron chi connectivity index (χ3n) is 0.478. The maximum absolute atomic E-state index is 8.38. The third-order valence-corrected chi connectivity index (χ3v) is 0.478. The number of aromatic nitrogens is 2. The van der Waals surface area contributed by atoms with Crippen molar-refractivity contribution in [1.29, 1.82) is 0 Å². The molecule has 0 aliphatic rings. The third kappa shape index (κ3) is 17.7. The second kappa shape index (κ2) is 16.4. The Balaban J connectivity index is -0.000000116. The molecule has 0 saturated heterocycles. The van der Waals surface area contributed by atoms with E-state index in [9.17, 15) is 0 Å². The van der Waals surface area contributed by atoms with Crippen molar-refractivity contribution in [2.75, 3.05) is 0 Å². The minimum Gasteiger partial charge on any atom is -0.896 e. The van der Waals surface area contributed by atoms with Gasteiger partial charge in [-0.15, -0.1) is 7.69 Å². The second-order valence-corrected chi connectivity index (χ2v) is 1.01. The molecule has 0 spiro atoms. The predicted octanol–water partition coefficient (Wildman–Crippen LogP) is -3.76. The molecule has 0 amide bonds. The van der Waals surface area contributed by atoms with Crippen molar-refractivity contribution in [3.63, 3.8) is 0 Å². The van der Waals surface area contributed by atoms with E-state index in [0.717, 1.165) is 0 Å². The summed E-state index contributed by atoms with van der Waals surface area (Å²) in [4.78, 5) is 7.44. The van der Waals surface area contributed by atoms with Crippen molar-refractivity contribution in [2.24, 2.45) is 0 Å². The van der Waals surface area contributed by atoms with Crippen LogP contribution in [0.2, 0.25) is 0 Å². The minimum atomic E-state index is -1.25. The van der Waals surface area contributed by atoms with Crippen LogP contribution in [-0.2, 0) is 0 Å². The summed E-state index contributed by atoms with van der Waals surface area (Å²) in [7, 11) is -1.25. The van der Waals surface area contributed by atoms with Crippen LogP contribution in [0.1, 0.15) is 0 Å². The van der Waals surface area contributed by atoms with Crippen LogP contribution < -0.4 is 10.0 Å². The van der Waals surface area contributed by atoms with Gasteiger partial charge in [0.1, 0.15) is 0 Å². The van der Waals surface area contributed by atoms with E-state index in [4.69, 9.17) is 10.0 Å². The van der Waals surface area contributed by atoms with Gasteiger partial charge in [0.15, 0.2) is 0 Å². The Kier molecular flexibility index (Phi) is 25.4. The zero-order valence-corrected chi connectivity index (χ0v) is 7.35. The van der Waals surface area contributed by atoms with E-state index in [2.05, 4.69) is 9.97 Å². The average molecular weight is 166 g/mol. The van der Waals surface area contributed by atoms with Gasteiger partial charge in [-0.2, -0.15) is 0 Å². The van der Waals surface area contributed by atoms with E-state index in [0.29, 0.717) is 0 Å². The maximum atomic E-state index is 8.38. The SMILES string of the molecule is O.[Mg+2].[O-]B[O-].c1cnccn1. The molecule has 0 aromatic carbocycles. The zero-order chi connectivity index (χ0) is 6.95. The molecule has 0 unspecified atom stereocenters. The molecule has 0 fully saturated rings.